The molecule has 3 aromatic rings. The Morgan fingerprint density at radius 2 is 1.78 bits per heavy atom. The summed E-state index contributed by atoms with van der Waals surface area (Å²) in [6.07, 6.45) is -2.83. The zero-order chi connectivity index (χ0) is 27.5. The second-order valence-electron chi connectivity index (χ2n) is 8.75. The molecular weight excluding hydrogens is 507 g/mol. The first-order valence-electron chi connectivity index (χ1n) is 11.3. The summed E-state index contributed by atoms with van der Waals surface area (Å²) in [7, 11) is -2.17. The molecular formula is C25H28F3N5O3S. The lowest BCUT2D eigenvalue weighted by Gasteiger charge is -2.21. The summed E-state index contributed by atoms with van der Waals surface area (Å²) >= 11 is 0. The topological polar surface area (TPSA) is 104 Å². The van der Waals surface area contributed by atoms with E-state index >= 15 is 0 Å². The van der Waals surface area contributed by atoms with Crippen LogP contribution in [0, 0.1) is 13.8 Å². The van der Waals surface area contributed by atoms with Crippen molar-refractivity contribution in [3.05, 3.63) is 70.5 Å². The number of nitrogens with one attached hydrogen (secondary N) is 2. The van der Waals surface area contributed by atoms with E-state index in [9.17, 15) is 26.4 Å². The molecule has 0 saturated heterocycles. The SMILES string of the molecule is CC(=O)Nc1ccc(Nc2ncc(C(F)(F)F)c(CCc3ccc(C)cc3N(C)S(C)(=O)=O)n2)cc1C. The van der Waals surface area contributed by atoms with Gasteiger partial charge in [0.15, 0.2) is 0 Å². The second kappa shape index (κ2) is 10.8. The van der Waals surface area contributed by atoms with Crippen molar-refractivity contribution in [3.63, 3.8) is 0 Å². The van der Waals surface area contributed by atoms with Gasteiger partial charge in [0.1, 0.15) is 0 Å². The van der Waals surface area contributed by atoms with Gasteiger partial charge in [-0.3, -0.25) is 9.10 Å². The minimum Gasteiger partial charge on any atom is -0.326 e. The Bertz CT molecular complexity index is 1430. The van der Waals surface area contributed by atoms with Crippen molar-refractivity contribution in [2.45, 2.75) is 39.8 Å². The molecule has 3 rings (SSSR count). The maximum atomic E-state index is 13.7. The Kier molecular flexibility index (Phi) is 8.11. The fourth-order valence-corrected chi connectivity index (χ4v) is 4.24. The summed E-state index contributed by atoms with van der Waals surface area (Å²) in [6.45, 7) is 4.97. The van der Waals surface area contributed by atoms with Crippen LogP contribution in [0.3, 0.4) is 0 Å². The molecule has 0 spiro atoms. The third-order valence-electron chi connectivity index (χ3n) is 5.68. The molecule has 37 heavy (non-hydrogen) atoms. The van der Waals surface area contributed by atoms with Crippen molar-refractivity contribution in [3.8, 4) is 0 Å². The van der Waals surface area contributed by atoms with Gasteiger partial charge in [-0.05, 0) is 67.6 Å². The Labute approximate surface area is 214 Å². The number of anilines is 4. The van der Waals surface area contributed by atoms with Gasteiger partial charge in [0.2, 0.25) is 21.9 Å². The number of carbonyl (C=O) groups is 1. The third kappa shape index (κ3) is 7.19. The molecule has 1 aromatic heterocycles. The van der Waals surface area contributed by atoms with Crippen LogP contribution in [0.15, 0.2) is 42.6 Å². The number of hydrogen-bond acceptors (Lipinski definition) is 6. The van der Waals surface area contributed by atoms with Crippen molar-refractivity contribution in [1.82, 2.24) is 9.97 Å². The number of carbonyl (C=O) groups excluding carboxylic acids is 1. The number of benzene rings is 2. The van der Waals surface area contributed by atoms with E-state index in [4.69, 9.17) is 0 Å². The van der Waals surface area contributed by atoms with Gasteiger partial charge in [-0.15, -0.1) is 0 Å². The van der Waals surface area contributed by atoms with Crippen LogP contribution >= 0.6 is 0 Å². The van der Waals surface area contributed by atoms with Crippen molar-refractivity contribution >= 4 is 38.9 Å². The summed E-state index contributed by atoms with van der Waals surface area (Å²) in [5, 5.41) is 5.60. The normalized spacial score (nSPS) is 11.8. The number of sulfonamides is 1. The van der Waals surface area contributed by atoms with Gasteiger partial charge in [-0.2, -0.15) is 13.2 Å². The average Bonchev–Trinajstić information content (AvgIpc) is 2.78. The molecule has 2 N–H and O–H groups in total. The van der Waals surface area contributed by atoms with E-state index in [1.807, 2.05) is 0 Å². The minimum atomic E-state index is -4.66. The second-order valence-corrected chi connectivity index (χ2v) is 10.8. The summed E-state index contributed by atoms with van der Waals surface area (Å²) in [5.41, 5.74) is 2.51. The minimum absolute atomic E-state index is 0.0212. The van der Waals surface area contributed by atoms with E-state index in [2.05, 4.69) is 20.6 Å². The molecule has 0 fully saturated rings. The van der Waals surface area contributed by atoms with Crippen molar-refractivity contribution in [2.24, 2.45) is 0 Å². The predicted octanol–water partition coefficient (Wildman–Crippen LogP) is 5.00. The molecule has 1 amide bonds. The summed E-state index contributed by atoms with van der Waals surface area (Å²) in [6, 6.07) is 10.2. The van der Waals surface area contributed by atoms with Gasteiger partial charge in [0, 0.05) is 31.5 Å². The van der Waals surface area contributed by atoms with Gasteiger partial charge in [-0.25, -0.2) is 18.4 Å². The van der Waals surface area contributed by atoms with Gasteiger partial charge in [0.05, 0.1) is 23.2 Å². The van der Waals surface area contributed by atoms with Gasteiger partial charge >= 0.3 is 6.18 Å². The maximum Gasteiger partial charge on any atom is 0.419 e. The van der Waals surface area contributed by atoms with E-state index in [0.717, 1.165) is 27.9 Å². The number of aromatic nitrogens is 2. The van der Waals surface area contributed by atoms with E-state index in [1.165, 1.54) is 14.0 Å². The fourth-order valence-electron chi connectivity index (χ4n) is 3.72. The number of hydrogen-bond donors (Lipinski definition) is 2. The monoisotopic (exact) mass is 535 g/mol. The number of halogens is 3. The smallest absolute Gasteiger partial charge is 0.326 e. The highest BCUT2D eigenvalue weighted by Gasteiger charge is 2.35. The van der Waals surface area contributed by atoms with Crippen LogP contribution in [0.4, 0.5) is 36.2 Å². The molecule has 0 radical (unpaired) electrons. The third-order valence-corrected chi connectivity index (χ3v) is 6.87. The number of rotatable bonds is 8. The van der Waals surface area contributed by atoms with E-state index in [0.29, 0.717) is 22.6 Å². The largest absolute Gasteiger partial charge is 0.419 e. The molecule has 2 aromatic carbocycles. The molecule has 198 valence electrons. The van der Waals surface area contributed by atoms with Crippen molar-refractivity contribution in [2.75, 3.05) is 28.2 Å². The highest BCUT2D eigenvalue weighted by Crippen LogP contribution is 2.33. The zero-order valence-electron chi connectivity index (χ0n) is 21.1. The van der Waals surface area contributed by atoms with Crippen LogP contribution in [-0.2, 0) is 33.8 Å². The first kappa shape index (κ1) is 27.9. The quantitative estimate of drug-likeness (QED) is 0.421. The molecule has 1 heterocycles. The Morgan fingerprint density at radius 1 is 1.08 bits per heavy atom. The molecule has 0 saturated carbocycles. The summed E-state index contributed by atoms with van der Waals surface area (Å²) in [5.74, 6) is -0.244. The molecule has 12 heteroatoms. The van der Waals surface area contributed by atoms with Gasteiger partial charge in [0.25, 0.3) is 0 Å². The maximum absolute atomic E-state index is 13.7. The zero-order valence-corrected chi connectivity index (χ0v) is 21.9. The molecule has 8 nitrogen and oxygen atoms in total. The first-order valence-corrected chi connectivity index (χ1v) is 13.1. The number of nitrogens with zero attached hydrogens (tertiary/aromatic N) is 3. The average molecular weight is 536 g/mol. The fraction of sp³-hybridized carbons (Fsp3) is 0.320. The number of alkyl halides is 3. The summed E-state index contributed by atoms with van der Waals surface area (Å²) < 4.78 is 66.5. The molecule has 0 unspecified atom stereocenters. The van der Waals surface area contributed by atoms with Crippen molar-refractivity contribution < 1.29 is 26.4 Å². The highest BCUT2D eigenvalue weighted by molar-refractivity contribution is 7.92. The Hall–Kier alpha value is -3.67. The highest BCUT2D eigenvalue weighted by atomic mass is 32.2. The van der Waals surface area contributed by atoms with Gasteiger partial charge < -0.3 is 10.6 Å². The lowest BCUT2D eigenvalue weighted by atomic mass is 10.0. The van der Waals surface area contributed by atoms with E-state index in [1.54, 1.807) is 50.2 Å². The molecule has 0 aliphatic heterocycles. The van der Waals surface area contributed by atoms with Crippen LogP contribution in [0.25, 0.3) is 0 Å². The number of amides is 1. The van der Waals surface area contributed by atoms with Crippen molar-refractivity contribution in [1.29, 1.82) is 0 Å². The van der Waals surface area contributed by atoms with Gasteiger partial charge in [-0.1, -0.05) is 12.1 Å². The van der Waals surface area contributed by atoms with E-state index < -0.39 is 21.8 Å². The van der Waals surface area contributed by atoms with E-state index in [-0.39, 0.29) is 30.4 Å². The van der Waals surface area contributed by atoms with Crippen LogP contribution in [0.5, 0.6) is 0 Å². The number of aryl methyl sites for hydroxylation is 4. The van der Waals surface area contributed by atoms with Crippen LogP contribution in [0.1, 0.15) is 34.9 Å². The summed E-state index contributed by atoms with van der Waals surface area (Å²) in [4.78, 5) is 19.3. The lowest BCUT2D eigenvalue weighted by molar-refractivity contribution is -0.138. The predicted molar refractivity (Wildman–Crippen MR) is 138 cm³/mol. The molecule has 0 aliphatic carbocycles. The standard InChI is InChI=1S/C25H28F3N5O3S/c1-15-6-7-18(23(12-15)33(4)37(5,35)36)8-10-22-20(25(26,27)28)14-29-24(32-22)31-19-9-11-21(16(2)13-19)30-17(3)34/h6-7,9,11-14H,8,10H2,1-5H3,(H,30,34)(H,29,31,32). The van der Waals surface area contributed by atoms with Crippen LogP contribution in [0.2, 0.25) is 0 Å². The first-order chi connectivity index (χ1) is 17.1. The molecule has 0 aliphatic rings. The Morgan fingerprint density at radius 3 is 2.38 bits per heavy atom. The molecule has 0 atom stereocenters. The van der Waals surface area contributed by atoms with Crippen LogP contribution < -0.4 is 14.9 Å². The molecule has 0 bridgehead atoms. The lowest BCUT2D eigenvalue weighted by Crippen LogP contribution is -2.26. The Balaban J connectivity index is 1.92. The van der Waals surface area contributed by atoms with Crippen LogP contribution in [-0.4, -0.2) is 37.6 Å².